The van der Waals surface area contributed by atoms with Gasteiger partial charge in [-0.1, -0.05) is 0 Å². The number of nitrogens with zero attached hydrogens (tertiary/aromatic N) is 3. The molecule has 2 rings (SSSR count). The van der Waals surface area contributed by atoms with Crippen LogP contribution in [0.15, 0.2) is 6.07 Å². The van der Waals surface area contributed by atoms with E-state index in [4.69, 9.17) is 9.84 Å². The smallest absolute Gasteiger partial charge is 0.158 e. The number of aromatic nitrogens is 2. The lowest BCUT2D eigenvalue weighted by molar-refractivity contribution is 0.178. The molecule has 1 aromatic rings. The van der Waals surface area contributed by atoms with Crippen molar-refractivity contribution in [3.05, 3.63) is 11.9 Å². The van der Waals surface area contributed by atoms with E-state index < -0.39 is 0 Å². The Bertz CT molecular complexity index is 428. The zero-order valence-electron chi connectivity index (χ0n) is 12.3. The molecule has 112 valence electrons. The molecule has 0 amide bonds. The highest BCUT2D eigenvalue weighted by molar-refractivity contribution is 5.50. The number of aliphatic hydroxyl groups excluding tert-OH is 1. The van der Waals surface area contributed by atoms with E-state index in [1.807, 2.05) is 13.1 Å². The van der Waals surface area contributed by atoms with Crippen LogP contribution in [0.3, 0.4) is 0 Å². The molecule has 1 atom stereocenters. The number of aliphatic hydroxyl groups is 1. The zero-order valence-corrected chi connectivity index (χ0v) is 12.3. The molecule has 1 saturated heterocycles. The molecule has 0 aromatic carbocycles. The van der Waals surface area contributed by atoms with Crippen LogP contribution < -0.4 is 10.2 Å². The number of ether oxygens (including phenoxy) is 1. The van der Waals surface area contributed by atoms with E-state index >= 15 is 0 Å². The summed E-state index contributed by atoms with van der Waals surface area (Å²) in [6.45, 7) is 1.69. The van der Waals surface area contributed by atoms with Crippen LogP contribution in [-0.2, 0) is 11.3 Å². The van der Waals surface area contributed by atoms with Crippen LogP contribution in [0.1, 0.15) is 31.5 Å². The normalized spacial score (nSPS) is 18.6. The van der Waals surface area contributed by atoms with Crippen molar-refractivity contribution in [2.24, 2.45) is 0 Å². The summed E-state index contributed by atoms with van der Waals surface area (Å²) in [5.41, 5.74) is 0. The van der Waals surface area contributed by atoms with Crippen molar-refractivity contribution in [1.82, 2.24) is 9.97 Å². The molecule has 20 heavy (non-hydrogen) atoms. The van der Waals surface area contributed by atoms with Crippen molar-refractivity contribution in [2.45, 2.75) is 38.3 Å². The molecule has 6 heteroatoms. The van der Waals surface area contributed by atoms with Crippen molar-refractivity contribution in [2.75, 3.05) is 37.5 Å². The van der Waals surface area contributed by atoms with Gasteiger partial charge in [0.1, 0.15) is 18.2 Å². The molecule has 6 nitrogen and oxygen atoms in total. The summed E-state index contributed by atoms with van der Waals surface area (Å²) in [6.07, 6.45) is 4.19. The Morgan fingerprint density at radius 2 is 2.35 bits per heavy atom. The maximum Gasteiger partial charge on any atom is 0.158 e. The van der Waals surface area contributed by atoms with E-state index in [9.17, 15) is 0 Å². The fraction of sp³-hybridized carbons (Fsp3) is 0.714. The first-order chi connectivity index (χ1) is 9.78. The van der Waals surface area contributed by atoms with E-state index in [0.29, 0.717) is 18.5 Å². The SMILES string of the molecule is CNc1cc(N2CCCC2CCCO)nc(COC)n1. The number of hydrogen-bond acceptors (Lipinski definition) is 6. The highest BCUT2D eigenvalue weighted by Gasteiger charge is 2.25. The molecule has 1 fully saturated rings. The third-order valence-electron chi connectivity index (χ3n) is 3.66. The van der Waals surface area contributed by atoms with Crippen LogP contribution >= 0.6 is 0 Å². The van der Waals surface area contributed by atoms with Crippen LogP contribution in [0.5, 0.6) is 0 Å². The Morgan fingerprint density at radius 3 is 3.05 bits per heavy atom. The predicted molar refractivity (Wildman–Crippen MR) is 79.0 cm³/mol. The predicted octanol–water partition coefficient (Wildman–Crippen LogP) is 1.41. The molecular weight excluding hydrogens is 256 g/mol. The molecule has 1 unspecified atom stereocenters. The summed E-state index contributed by atoms with van der Waals surface area (Å²) in [6, 6.07) is 2.45. The summed E-state index contributed by atoms with van der Waals surface area (Å²) in [7, 11) is 3.50. The Labute approximate surface area is 120 Å². The third kappa shape index (κ3) is 3.58. The molecule has 2 heterocycles. The average Bonchev–Trinajstić information content (AvgIpc) is 2.93. The zero-order chi connectivity index (χ0) is 14.4. The van der Waals surface area contributed by atoms with Gasteiger partial charge in [0.15, 0.2) is 5.82 Å². The van der Waals surface area contributed by atoms with Crippen molar-refractivity contribution in [3.63, 3.8) is 0 Å². The minimum absolute atomic E-state index is 0.255. The van der Waals surface area contributed by atoms with Gasteiger partial charge >= 0.3 is 0 Å². The number of rotatable bonds is 7. The standard InChI is InChI=1S/C14H24N4O2/c1-15-12-9-14(17-13(16-12)10-20-2)18-7-3-5-11(18)6-4-8-19/h9,11,19H,3-8,10H2,1-2H3,(H,15,16,17). The topological polar surface area (TPSA) is 70.5 Å². The van der Waals surface area contributed by atoms with Crippen molar-refractivity contribution in [3.8, 4) is 0 Å². The van der Waals surface area contributed by atoms with Gasteiger partial charge in [-0.05, 0) is 25.7 Å². The van der Waals surface area contributed by atoms with Crippen LogP contribution in [0, 0.1) is 0 Å². The average molecular weight is 280 g/mol. The second-order valence-electron chi connectivity index (χ2n) is 5.07. The first-order valence-corrected chi connectivity index (χ1v) is 7.20. The highest BCUT2D eigenvalue weighted by atomic mass is 16.5. The summed E-state index contributed by atoms with van der Waals surface area (Å²) >= 11 is 0. The van der Waals surface area contributed by atoms with Crippen molar-refractivity contribution in [1.29, 1.82) is 0 Å². The first-order valence-electron chi connectivity index (χ1n) is 7.20. The summed E-state index contributed by atoms with van der Waals surface area (Å²) in [5.74, 6) is 2.47. The van der Waals surface area contributed by atoms with Gasteiger partial charge < -0.3 is 20.1 Å². The number of anilines is 2. The van der Waals surface area contributed by atoms with Gasteiger partial charge in [-0.3, -0.25) is 0 Å². The molecule has 1 aromatic heterocycles. The molecule has 1 aliphatic heterocycles. The van der Waals surface area contributed by atoms with Crippen LogP contribution in [0.25, 0.3) is 0 Å². The largest absolute Gasteiger partial charge is 0.396 e. The van der Waals surface area contributed by atoms with Crippen LogP contribution in [0.4, 0.5) is 11.6 Å². The molecule has 0 radical (unpaired) electrons. The van der Waals surface area contributed by atoms with Gasteiger partial charge in [0.05, 0.1) is 0 Å². The van der Waals surface area contributed by atoms with Crippen molar-refractivity contribution >= 4 is 11.6 Å². The molecule has 2 N–H and O–H groups in total. The van der Waals surface area contributed by atoms with Gasteiger partial charge in [0.2, 0.25) is 0 Å². The second-order valence-corrected chi connectivity index (χ2v) is 5.07. The minimum Gasteiger partial charge on any atom is -0.396 e. The highest BCUT2D eigenvalue weighted by Crippen LogP contribution is 2.28. The minimum atomic E-state index is 0.255. The molecule has 1 aliphatic rings. The van der Waals surface area contributed by atoms with Gasteiger partial charge in [0.25, 0.3) is 0 Å². The van der Waals surface area contributed by atoms with E-state index in [-0.39, 0.29) is 6.61 Å². The van der Waals surface area contributed by atoms with E-state index in [1.54, 1.807) is 7.11 Å². The number of nitrogens with one attached hydrogen (secondary N) is 1. The van der Waals surface area contributed by atoms with Gasteiger partial charge in [-0.2, -0.15) is 0 Å². The lowest BCUT2D eigenvalue weighted by atomic mass is 10.1. The molecule has 0 saturated carbocycles. The lowest BCUT2D eigenvalue weighted by Gasteiger charge is -2.26. The number of hydrogen-bond donors (Lipinski definition) is 2. The summed E-state index contributed by atoms with van der Waals surface area (Å²) in [4.78, 5) is 11.3. The third-order valence-corrected chi connectivity index (χ3v) is 3.66. The number of methoxy groups -OCH3 is 1. The Balaban J connectivity index is 2.19. The fourth-order valence-electron chi connectivity index (χ4n) is 2.72. The Morgan fingerprint density at radius 1 is 1.50 bits per heavy atom. The fourth-order valence-corrected chi connectivity index (χ4v) is 2.72. The maximum absolute atomic E-state index is 9.01. The van der Waals surface area contributed by atoms with Gasteiger partial charge in [0, 0.05) is 39.4 Å². The summed E-state index contributed by atoms with van der Waals surface area (Å²) < 4.78 is 5.13. The van der Waals surface area contributed by atoms with Crippen LogP contribution in [0.2, 0.25) is 0 Å². The van der Waals surface area contributed by atoms with Gasteiger partial charge in [-0.25, -0.2) is 9.97 Å². The quantitative estimate of drug-likeness (QED) is 0.787. The Hall–Kier alpha value is -1.40. The van der Waals surface area contributed by atoms with E-state index in [2.05, 4.69) is 20.2 Å². The monoisotopic (exact) mass is 280 g/mol. The lowest BCUT2D eigenvalue weighted by Crippen LogP contribution is -2.30. The maximum atomic E-state index is 9.01. The molecule has 0 bridgehead atoms. The molecular formula is C14H24N4O2. The first kappa shape index (κ1) is 15.0. The Kier molecular flexibility index (Phi) is 5.55. The van der Waals surface area contributed by atoms with Crippen LogP contribution in [-0.4, -0.2) is 48.4 Å². The van der Waals surface area contributed by atoms with Crippen molar-refractivity contribution < 1.29 is 9.84 Å². The van der Waals surface area contributed by atoms with E-state index in [0.717, 1.165) is 31.0 Å². The molecule has 0 aliphatic carbocycles. The second kappa shape index (κ2) is 7.40. The molecule has 0 spiro atoms. The summed E-state index contributed by atoms with van der Waals surface area (Å²) in [5, 5.41) is 12.1. The van der Waals surface area contributed by atoms with E-state index in [1.165, 1.54) is 12.8 Å². The van der Waals surface area contributed by atoms with Gasteiger partial charge in [-0.15, -0.1) is 0 Å².